The third-order valence-electron chi connectivity index (χ3n) is 4.35. The van der Waals surface area contributed by atoms with Gasteiger partial charge in [0.15, 0.2) is 0 Å². The molecule has 110 valence electrons. The summed E-state index contributed by atoms with van der Waals surface area (Å²) in [6.07, 6.45) is 8.64. The molecule has 3 atom stereocenters. The van der Waals surface area contributed by atoms with Crippen LogP contribution in [0.2, 0.25) is 0 Å². The van der Waals surface area contributed by atoms with E-state index in [1.54, 1.807) is 24.3 Å². The molecule has 2 saturated heterocycles. The van der Waals surface area contributed by atoms with E-state index >= 15 is 0 Å². The number of likely N-dealkylation sites (tertiary alicyclic amines) is 2. The van der Waals surface area contributed by atoms with Crippen LogP contribution in [0.4, 0.5) is 0 Å². The molecule has 0 bridgehead atoms. The maximum Gasteiger partial charge on any atom is 0.237 e. The molecule has 2 fully saturated rings. The van der Waals surface area contributed by atoms with Gasteiger partial charge in [-0.25, -0.2) is 0 Å². The molecule has 2 aliphatic heterocycles. The minimum Gasteiger partial charge on any atom is -0.331 e. The topological polar surface area (TPSA) is 74.8 Å². The largest absolute Gasteiger partial charge is 0.331 e. The molecule has 0 radical (unpaired) electrons. The lowest BCUT2D eigenvalue weighted by molar-refractivity contribution is -0.141. The molecule has 0 N–H and O–H groups in total. The van der Waals surface area contributed by atoms with E-state index in [1.165, 1.54) is 9.80 Å². The maximum absolute atomic E-state index is 12.3. The number of rotatable bonds is 4. The molecule has 0 aromatic rings. The molecule has 0 spiro atoms. The predicted molar refractivity (Wildman–Crippen MR) is 72.8 cm³/mol. The fraction of sp³-hybridized carbons (Fsp3) is 0.467. The number of amides is 3. The van der Waals surface area contributed by atoms with Gasteiger partial charge < -0.3 is 9.69 Å². The zero-order chi connectivity index (χ0) is 15.0. The van der Waals surface area contributed by atoms with E-state index in [1.807, 2.05) is 0 Å². The van der Waals surface area contributed by atoms with Crippen LogP contribution >= 0.6 is 0 Å². The highest BCUT2D eigenvalue weighted by Gasteiger charge is 2.47. The van der Waals surface area contributed by atoms with Crippen LogP contribution in [0.25, 0.3) is 0 Å². The van der Waals surface area contributed by atoms with Crippen LogP contribution in [0.3, 0.4) is 0 Å². The van der Waals surface area contributed by atoms with Crippen molar-refractivity contribution in [3.63, 3.8) is 0 Å². The first-order valence-electron chi connectivity index (χ1n) is 7.07. The Morgan fingerprint density at radius 3 is 2.29 bits per heavy atom. The number of imide groups is 1. The number of fused-ring (bicyclic) bond motifs is 1. The minimum atomic E-state index is -0.417. The highest BCUT2D eigenvalue weighted by molar-refractivity contribution is 6.07. The van der Waals surface area contributed by atoms with Crippen LogP contribution in [0.15, 0.2) is 24.3 Å². The van der Waals surface area contributed by atoms with E-state index in [0.717, 1.165) is 0 Å². The van der Waals surface area contributed by atoms with E-state index in [4.69, 9.17) is 0 Å². The van der Waals surface area contributed by atoms with Crippen molar-refractivity contribution in [2.45, 2.75) is 18.9 Å². The molecule has 2 heterocycles. The lowest BCUT2D eigenvalue weighted by Crippen LogP contribution is -2.45. The van der Waals surface area contributed by atoms with Crippen LogP contribution in [-0.2, 0) is 19.2 Å². The number of carbonyl (C=O) groups excluding carboxylic acids is 4. The second kappa shape index (κ2) is 5.27. The first-order valence-corrected chi connectivity index (χ1v) is 7.07. The number of aldehydes is 1. The first kappa shape index (κ1) is 13.7. The van der Waals surface area contributed by atoms with Gasteiger partial charge in [-0.1, -0.05) is 24.3 Å². The van der Waals surface area contributed by atoms with Gasteiger partial charge in [-0.15, -0.1) is 0 Å². The molecule has 3 aliphatic rings. The summed E-state index contributed by atoms with van der Waals surface area (Å²) in [5.41, 5.74) is 0. The van der Waals surface area contributed by atoms with Crippen molar-refractivity contribution < 1.29 is 19.2 Å². The zero-order valence-corrected chi connectivity index (χ0v) is 11.5. The second-order valence-corrected chi connectivity index (χ2v) is 5.51. The molecule has 0 aromatic carbocycles. The Bertz CT molecular complexity index is 536. The summed E-state index contributed by atoms with van der Waals surface area (Å²) in [5.74, 6) is -1.35. The van der Waals surface area contributed by atoms with Crippen molar-refractivity contribution in [1.29, 1.82) is 0 Å². The summed E-state index contributed by atoms with van der Waals surface area (Å²) >= 11 is 0. The number of hydrogen-bond acceptors (Lipinski definition) is 4. The Hall–Kier alpha value is -2.24. The van der Waals surface area contributed by atoms with Crippen molar-refractivity contribution in [3.8, 4) is 0 Å². The summed E-state index contributed by atoms with van der Waals surface area (Å²) in [6, 6.07) is -0.247. The lowest BCUT2D eigenvalue weighted by atomic mass is 9.91. The van der Waals surface area contributed by atoms with Crippen LogP contribution in [0.5, 0.6) is 0 Å². The van der Waals surface area contributed by atoms with Crippen molar-refractivity contribution >= 4 is 24.0 Å². The molecule has 3 amide bonds. The van der Waals surface area contributed by atoms with Crippen LogP contribution in [0.1, 0.15) is 12.8 Å². The number of allylic oxidation sites excluding steroid dienone is 2. The molecule has 0 aromatic heterocycles. The van der Waals surface area contributed by atoms with Gasteiger partial charge in [-0.2, -0.15) is 0 Å². The number of carbonyl (C=O) groups is 4. The van der Waals surface area contributed by atoms with Crippen LogP contribution in [0, 0.1) is 11.8 Å². The predicted octanol–water partition coefficient (Wildman–Crippen LogP) is -0.0965. The third-order valence-corrected chi connectivity index (χ3v) is 4.35. The molecule has 3 rings (SSSR count). The smallest absolute Gasteiger partial charge is 0.237 e. The van der Waals surface area contributed by atoms with Crippen molar-refractivity contribution in [2.24, 2.45) is 11.8 Å². The van der Waals surface area contributed by atoms with Gasteiger partial charge >= 0.3 is 0 Å². The Balaban J connectivity index is 1.76. The van der Waals surface area contributed by atoms with Gasteiger partial charge in [0.2, 0.25) is 17.7 Å². The van der Waals surface area contributed by atoms with Gasteiger partial charge in [0.05, 0.1) is 24.4 Å². The highest BCUT2D eigenvalue weighted by atomic mass is 16.2. The van der Waals surface area contributed by atoms with Crippen LogP contribution in [-0.4, -0.2) is 52.9 Å². The molecule has 0 saturated carbocycles. The number of nitrogens with zero attached hydrogens (tertiary/aromatic N) is 2. The minimum absolute atomic E-state index is 0.0202. The average Bonchev–Trinajstić information content (AvgIpc) is 2.95. The SMILES string of the molecule is O=CCN1C(=O)CC[C@H]1CN1C(=O)C2C=CC=CC2C1=O. The zero-order valence-electron chi connectivity index (χ0n) is 11.5. The Labute approximate surface area is 122 Å². The Morgan fingerprint density at radius 2 is 1.71 bits per heavy atom. The summed E-state index contributed by atoms with van der Waals surface area (Å²) in [4.78, 5) is 49.7. The fourth-order valence-corrected chi connectivity index (χ4v) is 3.25. The van der Waals surface area contributed by atoms with E-state index in [-0.39, 0.29) is 36.9 Å². The normalized spacial score (nSPS) is 31.2. The molecule has 2 unspecified atom stereocenters. The molecule has 6 heteroatoms. The van der Waals surface area contributed by atoms with Crippen LogP contribution < -0.4 is 0 Å². The van der Waals surface area contributed by atoms with Crippen molar-refractivity contribution in [1.82, 2.24) is 9.80 Å². The standard InChI is InChI=1S/C15H16N2O4/c18-8-7-16-10(5-6-13(16)19)9-17-14(20)11-3-1-2-4-12(11)15(17)21/h1-4,8,10-12H,5-7,9H2/t10-,11?,12?/m0/s1. The summed E-state index contributed by atoms with van der Waals surface area (Å²) in [7, 11) is 0. The maximum atomic E-state index is 12.3. The molecular weight excluding hydrogens is 272 g/mol. The van der Waals surface area contributed by atoms with Gasteiger partial charge in [0.1, 0.15) is 6.29 Å². The van der Waals surface area contributed by atoms with E-state index in [0.29, 0.717) is 19.1 Å². The van der Waals surface area contributed by atoms with Gasteiger partial charge in [-0.05, 0) is 6.42 Å². The average molecular weight is 288 g/mol. The number of hydrogen-bond donors (Lipinski definition) is 0. The second-order valence-electron chi connectivity index (χ2n) is 5.51. The van der Waals surface area contributed by atoms with Gasteiger partial charge in [0, 0.05) is 13.0 Å². The monoisotopic (exact) mass is 288 g/mol. The quantitative estimate of drug-likeness (QED) is 0.535. The third kappa shape index (κ3) is 2.20. The molecular formula is C15H16N2O4. The summed E-state index contributed by atoms with van der Waals surface area (Å²) in [5, 5.41) is 0. The summed E-state index contributed by atoms with van der Waals surface area (Å²) in [6.45, 7) is 0.207. The summed E-state index contributed by atoms with van der Waals surface area (Å²) < 4.78 is 0. The Kier molecular flexibility index (Phi) is 3.45. The Morgan fingerprint density at radius 1 is 1.10 bits per heavy atom. The first-order chi connectivity index (χ1) is 10.1. The lowest BCUT2D eigenvalue weighted by Gasteiger charge is -2.26. The van der Waals surface area contributed by atoms with Crippen molar-refractivity contribution in [2.75, 3.05) is 13.1 Å². The van der Waals surface area contributed by atoms with E-state index in [2.05, 4.69) is 0 Å². The van der Waals surface area contributed by atoms with Gasteiger partial charge in [0.25, 0.3) is 0 Å². The molecule has 21 heavy (non-hydrogen) atoms. The molecule has 6 nitrogen and oxygen atoms in total. The highest BCUT2D eigenvalue weighted by Crippen LogP contribution is 2.32. The van der Waals surface area contributed by atoms with Gasteiger partial charge in [-0.3, -0.25) is 19.3 Å². The van der Waals surface area contributed by atoms with Crippen molar-refractivity contribution in [3.05, 3.63) is 24.3 Å². The van der Waals surface area contributed by atoms with E-state index < -0.39 is 11.8 Å². The fourth-order valence-electron chi connectivity index (χ4n) is 3.25. The van der Waals surface area contributed by atoms with E-state index in [9.17, 15) is 19.2 Å². The molecule has 1 aliphatic carbocycles.